The molecule has 46 valence electrons. The average Bonchev–Trinajstić information content (AvgIpc) is 1.77. The van der Waals surface area contributed by atoms with Crippen molar-refractivity contribution in [3.63, 3.8) is 0 Å². The molecule has 1 heteroatoms. The monoisotopic (exact) mass is 130 g/mol. The van der Waals surface area contributed by atoms with E-state index in [1.165, 1.54) is 24.8 Å². The molecule has 1 atom stereocenters. The van der Waals surface area contributed by atoms with Crippen molar-refractivity contribution in [3.05, 3.63) is 11.6 Å². The second kappa shape index (κ2) is 2.54. The molecule has 0 saturated carbocycles. The van der Waals surface area contributed by atoms with Gasteiger partial charge in [0.05, 0.1) is 5.38 Å². The van der Waals surface area contributed by atoms with Crippen LogP contribution in [0.15, 0.2) is 11.6 Å². The van der Waals surface area contributed by atoms with E-state index < -0.39 is 0 Å². The van der Waals surface area contributed by atoms with Crippen molar-refractivity contribution < 1.29 is 0 Å². The van der Waals surface area contributed by atoms with E-state index in [9.17, 15) is 0 Å². The van der Waals surface area contributed by atoms with Crippen molar-refractivity contribution in [1.82, 2.24) is 0 Å². The molecule has 1 aliphatic carbocycles. The lowest BCUT2D eigenvalue weighted by molar-refractivity contribution is 0.708. The minimum atomic E-state index is 0.337. The minimum absolute atomic E-state index is 0.337. The van der Waals surface area contributed by atoms with E-state index in [0.717, 1.165) is 0 Å². The zero-order valence-corrected chi connectivity index (χ0v) is 5.91. The summed E-state index contributed by atoms with van der Waals surface area (Å²) in [5, 5.41) is 0.337. The molecule has 1 rings (SSSR count). The summed E-state index contributed by atoms with van der Waals surface area (Å²) in [4.78, 5) is 0. The van der Waals surface area contributed by atoms with Gasteiger partial charge in [-0.15, -0.1) is 11.6 Å². The first-order valence-electron chi connectivity index (χ1n) is 3.11. The number of hydrogen-bond acceptors (Lipinski definition) is 0. The minimum Gasteiger partial charge on any atom is -0.118 e. The Bertz CT molecular complexity index is 105. The van der Waals surface area contributed by atoms with Gasteiger partial charge in [0.15, 0.2) is 0 Å². The number of rotatable bonds is 0. The lowest BCUT2D eigenvalue weighted by Gasteiger charge is -2.13. The fourth-order valence-electron chi connectivity index (χ4n) is 0.982. The van der Waals surface area contributed by atoms with Gasteiger partial charge in [-0.1, -0.05) is 11.6 Å². The lowest BCUT2D eigenvalue weighted by atomic mass is 10.0. The van der Waals surface area contributed by atoms with Gasteiger partial charge in [0.2, 0.25) is 0 Å². The Morgan fingerprint density at radius 2 is 2.50 bits per heavy atom. The molecule has 0 heterocycles. The largest absolute Gasteiger partial charge is 0.118 e. The van der Waals surface area contributed by atoms with E-state index in [1.807, 2.05) is 0 Å². The normalized spacial score (nSPS) is 29.8. The van der Waals surface area contributed by atoms with Crippen LogP contribution in [0.4, 0.5) is 0 Å². The van der Waals surface area contributed by atoms with Gasteiger partial charge in [0.1, 0.15) is 0 Å². The molecule has 0 bridgehead atoms. The van der Waals surface area contributed by atoms with Crippen LogP contribution in [0.5, 0.6) is 0 Å². The Labute approximate surface area is 55.5 Å². The Balaban J connectivity index is 2.53. The van der Waals surface area contributed by atoms with Crippen LogP contribution in [0.25, 0.3) is 0 Å². The van der Waals surface area contributed by atoms with Crippen LogP contribution in [0.1, 0.15) is 26.2 Å². The zero-order valence-electron chi connectivity index (χ0n) is 5.15. The van der Waals surface area contributed by atoms with Crippen LogP contribution in [-0.2, 0) is 0 Å². The second-order valence-corrected chi connectivity index (χ2v) is 2.87. The highest BCUT2D eigenvalue weighted by Crippen LogP contribution is 2.21. The van der Waals surface area contributed by atoms with Crippen molar-refractivity contribution in [2.75, 3.05) is 0 Å². The summed E-state index contributed by atoms with van der Waals surface area (Å²) in [6, 6.07) is 0. The molecule has 8 heavy (non-hydrogen) atoms. The fourth-order valence-corrected chi connectivity index (χ4v) is 1.23. The number of halogens is 1. The fraction of sp³-hybridized carbons (Fsp3) is 0.714. The highest BCUT2D eigenvalue weighted by atomic mass is 35.5. The summed E-state index contributed by atoms with van der Waals surface area (Å²) in [5.74, 6) is 0. The van der Waals surface area contributed by atoms with Crippen molar-refractivity contribution in [1.29, 1.82) is 0 Å². The van der Waals surface area contributed by atoms with Gasteiger partial charge in [-0.3, -0.25) is 0 Å². The zero-order chi connectivity index (χ0) is 5.98. The summed E-state index contributed by atoms with van der Waals surface area (Å²) in [6.07, 6.45) is 5.91. The van der Waals surface area contributed by atoms with Crippen molar-refractivity contribution in [2.45, 2.75) is 31.6 Å². The molecule has 1 aliphatic rings. The number of allylic oxidation sites excluding steroid dienone is 2. The molecule has 0 saturated heterocycles. The first kappa shape index (κ1) is 6.15. The van der Waals surface area contributed by atoms with Crippen LogP contribution >= 0.6 is 11.6 Å². The maximum Gasteiger partial charge on any atom is 0.0542 e. The molecule has 0 aliphatic heterocycles. The standard InChI is InChI=1S/C7H11Cl/c1-6-4-2-3-5-7(6)8/h4,7H,2-3,5H2,1H3. The molecule has 0 radical (unpaired) electrons. The smallest absolute Gasteiger partial charge is 0.0542 e. The van der Waals surface area contributed by atoms with Crippen LogP contribution in [0.3, 0.4) is 0 Å². The van der Waals surface area contributed by atoms with Gasteiger partial charge >= 0.3 is 0 Å². The van der Waals surface area contributed by atoms with Gasteiger partial charge in [-0.2, -0.15) is 0 Å². The maximum absolute atomic E-state index is 5.90. The molecule has 0 aromatic carbocycles. The molecular weight excluding hydrogens is 120 g/mol. The molecule has 0 aromatic rings. The molecular formula is C7H11Cl. The van der Waals surface area contributed by atoms with Crippen LogP contribution < -0.4 is 0 Å². The van der Waals surface area contributed by atoms with Crippen LogP contribution in [-0.4, -0.2) is 5.38 Å². The second-order valence-electron chi connectivity index (χ2n) is 2.35. The van der Waals surface area contributed by atoms with Gasteiger partial charge in [-0.25, -0.2) is 0 Å². The third-order valence-electron chi connectivity index (χ3n) is 1.62. The molecule has 0 spiro atoms. The molecule has 0 N–H and O–H groups in total. The topological polar surface area (TPSA) is 0 Å². The first-order chi connectivity index (χ1) is 3.80. The summed E-state index contributed by atoms with van der Waals surface area (Å²) in [5.41, 5.74) is 1.36. The van der Waals surface area contributed by atoms with Crippen molar-refractivity contribution in [3.8, 4) is 0 Å². The van der Waals surface area contributed by atoms with E-state index in [4.69, 9.17) is 11.6 Å². The van der Waals surface area contributed by atoms with E-state index in [2.05, 4.69) is 13.0 Å². The van der Waals surface area contributed by atoms with Crippen molar-refractivity contribution >= 4 is 11.6 Å². The highest BCUT2D eigenvalue weighted by molar-refractivity contribution is 6.22. The molecule has 0 aromatic heterocycles. The summed E-state index contributed by atoms with van der Waals surface area (Å²) in [6.45, 7) is 2.11. The predicted molar refractivity (Wildman–Crippen MR) is 37.2 cm³/mol. The SMILES string of the molecule is CC1=CCCCC1Cl. The van der Waals surface area contributed by atoms with Gasteiger partial charge in [-0.05, 0) is 26.2 Å². The summed E-state index contributed by atoms with van der Waals surface area (Å²) in [7, 11) is 0. The molecule has 0 amide bonds. The predicted octanol–water partition coefficient (Wildman–Crippen LogP) is 2.72. The number of hydrogen-bond donors (Lipinski definition) is 0. The Kier molecular flexibility index (Phi) is 1.95. The molecule has 0 nitrogen and oxygen atoms in total. The van der Waals surface area contributed by atoms with E-state index in [-0.39, 0.29) is 0 Å². The third-order valence-corrected chi connectivity index (χ3v) is 2.18. The van der Waals surface area contributed by atoms with Gasteiger partial charge < -0.3 is 0 Å². The first-order valence-corrected chi connectivity index (χ1v) is 3.55. The Hall–Kier alpha value is 0.0300. The quantitative estimate of drug-likeness (QED) is 0.350. The highest BCUT2D eigenvalue weighted by Gasteiger charge is 2.09. The van der Waals surface area contributed by atoms with E-state index >= 15 is 0 Å². The van der Waals surface area contributed by atoms with E-state index in [0.29, 0.717) is 5.38 Å². The van der Waals surface area contributed by atoms with Crippen LogP contribution in [0.2, 0.25) is 0 Å². The van der Waals surface area contributed by atoms with Gasteiger partial charge in [0.25, 0.3) is 0 Å². The molecule has 0 fully saturated rings. The van der Waals surface area contributed by atoms with E-state index in [1.54, 1.807) is 0 Å². The maximum atomic E-state index is 5.90. The third kappa shape index (κ3) is 1.25. The number of alkyl halides is 1. The Morgan fingerprint density at radius 1 is 1.75 bits per heavy atom. The van der Waals surface area contributed by atoms with Crippen molar-refractivity contribution in [2.24, 2.45) is 0 Å². The average molecular weight is 131 g/mol. The van der Waals surface area contributed by atoms with Crippen LogP contribution in [0, 0.1) is 0 Å². The molecule has 1 unspecified atom stereocenters. The summed E-state index contributed by atoms with van der Waals surface area (Å²) >= 11 is 5.90. The summed E-state index contributed by atoms with van der Waals surface area (Å²) < 4.78 is 0. The Morgan fingerprint density at radius 3 is 2.88 bits per heavy atom. The lowest BCUT2D eigenvalue weighted by Crippen LogP contribution is -2.03. The van der Waals surface area contributed by atoms with Gasteiger partial charge in [0, 0.05) is 0 Å².